The van der Waals surface area contributed by atoms with E-state index in [-0.39, 0.29) is 24.2 Å². The highest BCUT2D eigenvalue weighted by molar-refractivity contribution is 6.36. The van der Waals surface area contributed by atoms with Gasteiger partial charge in [0, 0.05) is 28.9 Å². The Bertz CT molecular complexity index is 435. The molecule has 1 amide bonds. The van der Waals surface area contributed by atoms with Gasteiger partial charge in [-0.25, -0.2) is 0 Å². The summed E-state index contributed by atoms with van der Waals surface area (Å²) in [6, 6.07) is 5.46. The second-order valence-corrected chi connectivity index (χ2v) is 6.11. The summed E-state index contributed by atoms with van der Waals surface area (Å²) in [7, 11) is 0. The monoisotopic (exact) mass is 366 g/mol. The average molecular weight is 368 g/mol. The van der Waals surface area contributed by atoms with Gasteiger partial charge in [-0.2, -0.15) is 0 Å². The smallest absolute Gasteiger partial charge is 0.220 e. The lowest BCUT2D eigenvalue weighted by Crippen LogP contribution is -2.27. The van der Waals surface area contributed by atoms with E-state index in [4.69, 9.17) is 28.9 Å². The van der Waals surface area contributed by atoms with Gasteiger partial charge in [0.15, 0.2) is 0 Å². The molecule has 3 N–H and O–H groups in total. The van der Waals surface area contributed by atoms with Crippen LogP contribution in [-0.4, -0.2) is 19.0 Å². The van der Waals surface area contributed by atoms with Crippen LogP contribution < -0.4 is 11.1 Å². The molecule has 0 radical (unpaired) electrons. The molecule has 0 aliphatic carbocycles. The third kappa shape index (κ3) is 7.68. The zero-order valence-electron chi connectivity index (χ0n) is 12.9. The number of carbonyl (C=O) groups is 1. The first-order chi connectivity index (χ1) is 10.1. The van der Waals surface area contributed by atoms with Gasteiger partial charge in [-0.05, 0) is 37.1 Å². The number of hydrogen-bond acceptors (Lipinski definition) is 2. The van der Waals surface area contributed by atoms with Gasteiger partial charge in [0.25, 0.3) is 0 Å². The fourth-order valence-corrected chi connectivity index (χ4v) is 2.99. The van der Waals surface area contributed by atoms with Crippen molar-refractivity contribution >= 4 is 41.5 Å². The van der Waals surface area contributed by atoms with Crippen LogP contribution >= 0.6 is 35.6 Å². The number of nitrogens with one attached hydrogen (secondary N) is 1. The first kappa shape index (κ1) is 21.5. The summed E-state index contributed by atoms with van der Waals surface area (Å²) in [4.78, 5) is 11.8. The molecule has 1 unspecified atom stereocenters. The number of hydrogen-bond donors (Lipinski definition) is 2. The highest BCUT2D eigenvalue weighted by atomic mass is 35.5. The Kier molecular flexibility index (Phi) is 11.7. The minimum absolute atomic E-state index is 0. The second-order valence-electron chi connectivity index (χ2n) is 5.29. The predicted octanol–water partition coefficient (Wildman–Crippen LogP) is 4.54. The highest BCUT2D eigenvalue weighted by Gasteiger charge is 2.14. The molecule has 0 heterocycles. The first-order valence-electron chi connectivity index (χ1n) is 7.47. The van der Waals surface area contributed by atoms with E-state index in [1.165, 1.54) is 0 Å². The van der Waals surface area contributed by atoms with Gasteiger partial charge in [0.1, 0.15) is 0 Å². The van der Waals surface area contributed by atoms with E-state index in [1.807, 2.05) is 25.1 Å². The number of nitrogens with two attached hydrogens (primary N) is 1. The van der Waals surface area contributed by atoms with Crippen molar-refractivity contribution in [1.82, 2.24) is 5.32 Å². The fraction of sp³-hybridized carbons (Fsp3) is 0.562. The summed E-state index contributed by atoms with van der Waals surface area (Å²) in [5, 5.41) is 4.23. The number of amides is 1. The maximum absolute atomic E-state index is 11.8. The third-order valence-corrected chi connectivity index (χ3v) is 4.12. The minimum atomic E-state index is 0. The quantitative estimate of drug-likeness (QED) is 0.629. The summed E-state index contributed by atoms with van der Waals surface area (Å²) in [6.45, 7) is 3.28. The van der Waals surface area contributed by atoms with Crippen LogP contribution in [0.2, 0.25) is 10.0 Å². The molecular formula is C16H25Cl3N2O. The van der Waals surface area contributed by atoms with Gasteiger partial charge in [-0.1, -0.05) is 49.0 Å². The van der Waals surface area contributed by atoms with Crippen molar-refractivity contribution in [2.24, 2.45) is 5.73 Å². The van der Waals surface area contributed by atoms with Gasteiger partial charge in [-0.15, -0.1) is 12.4 Å². The lowest BCUT2D eigenvalue weighted by molar-refractivity contribution is -0.121. The molecule has 0 fully saturated rings. The molecule has 0 aliphatic rings. The maximum atomic E-state index is 11.8. The minimum Gasteiger partial charge on any atom is -0.356 e. The molecule has 1 rings (SSSR count). The molecule has 0 spiro atoms. The molecule has 126 valence electrons. The fourth-order valence-electron chi connectivity index (χ4n) is 2.22. The molecule has 22 heavy (non-hydrogen) atoms. The number of carbonyl (C=O) groups excluding carboxylic acids is 1. The van der Waals surface area contributed by atoms with Crippen molar-refractivity contribution < 1.29 is 4.79 Å². The Balaban J connectivity index is 0.00000441. The van der Waals surface area contributed by atoms with E-state index in [0.29, 0.717) is 23.0 Å². The first-order valence-corrected chi connectivity index (χ1v) is 8.22. The van der Waals surface area contributed by atoms with Crippen molar-refractivity contribution in [2.75, 3.05) is 13.1 Å². The lowest BCUT2D eigenvalue weighted by Gasteiger charge is -2.16. The normalized spacial score (nSPS) is 11.6. The number of rotatable bonds is 9. The molecule has 1 aromatic carbocycles. The lowest BCUT2D eigenvalue weighted by atomic mass is 10.0. The van der Waals surface area contributed by atoms with Gasteiger partial charge in [-0.3, -0.25) is 4.79 Å². The Morgan fingerprint density at radius 1 is 1.18 bits per heavy atom. The van der Waals surface area contributed by atoms with Gasteiger partial charge in [0.05, 0.1) is 0 Å². The van der Waals surface area contributed by atoms with Crippen LogP contribution in [0.4, 0.5) is 0 Å². The SMILES string of the molecule is CC(CNC(=O)CCCCCCN)c1c(Cl)cccc1Cl.Cl. The van der Waals surface area contributed by atoms with E-state index < -0.39 is 0 Å². The number of halogens is 3. The Morgan fingerprint density at radius 2 is 1.77 bits per heavy atom. The van der Waals surface area contributed by atoms with Crippen LogP contribution in [0, 0.1) is 0 Å². The zero-order valence-corrected chi connectivity index (χ0v) is 15.2. The third-order valence-electron chi connectivity index (χ3n) is 3.46. The summed E-state index contributed by atoms with van der Waals surface area (Å²) in [5.74, 6) is 0.171. The number of unbranched alkanes of at least 4 members (excludes halogenated alkanes) is 3. The summed E-state index contributed by atoms with van der Waals surface area (Å²) >= 11 is 12.3. The standard InChI is InChI=1S/C16H24Cl2N2O.ClH/c1-12(16-13(17)7-6-8-14(16)18)11-20-15(21)9-4-2-3-5-10-19;/h6-8,12H,2-5,9-11,19H2,1H3,(H,20,21);1H. The van der Waals surface area contributed by atoms with E-state index in [0.717, 1.165) is 37.8 Å². The molecule has 0 bridgehead atoms. The van der Waals surface area contributed by atoms with Crippen LogP contribution in [0.5, 0.6) is 0 Å². The van der Waals surface area contributed by atoms with Crippen molar-refractivity contribution in [3.63, 3.8) is 0 Å². The van der Waals surface area contributed by atoms with Gasteiger partial charge >= 0.3 is 0 Å². The zero-order chi connectivity index (χ0) is 15.7. The van der Waals surface area contributed by atoms with Gasteiger partial charge < -0.3 is 11.1 Å². The highest BCUT2D eigenvalue weighted by Crippen LogP contribution is 2.30. The van der Waals surface area contributed by atoms with Gasteiger partial charge in [0.2, 0.25) is 5.91 Å². The van der Waals surface area contributed by atoms with Crippen LogP contribution in [0.15, 0.2) is 18.2 Å². The second kappa shape index (κ2) is 12.0. The summed E-state index contributed by atoms with van der Waals surface area (Å²) in [6.07, 6.45) is 4.65. The van der Waals surface area contributed by atoms with Crippen LogP contribution in [0.25, 0.3) is 0 Å². The van der Waals surface area contributed by atoms with E-state index >= 15 is 0 Å². The Morgan fingerprint density at radius 3 is 2.36 bits per heavy atom. The van der Waals surface area contributed by atoms with E-state index in [9.17, 15) is 4.79 Å². The Labute approximate surface area is 149 Å². The van der Waals surface area contributed by atoms with Crippen LogP contribution in [0.1, 0.15) is 50.5 Å². The number of benzene rings is 1. The molecular weight excluding hydrogens is 343 g/mol. The molecule has 0 saturated carbocycles. The van der Waals surface area contributed by atoms with Crippen molar-refractivity contribution in [3.8, 4) is 0 Å². The van der Waals surface area contributed by atoms with E-state index in [2.05, 4.69) is 5.32 Å². The molecule has 0 aromatic heterocycles. The Hall–Kier alpha value is -0.480. The maximum Gasteiger partial charge on any atom is 0.220 e. The average Bonchev–Trinajstić information content (AvgIpc) is 2.44. The molecule has 1 atom stereocenters. The molecule has 1 aromatic rings. The topological polar surface area (TPSA) is 55.1 Å². The van der Waals surface area contributed by atoms with Crippen molar-refractivity contribution in [2.45, 2.75) is 44.9 Å². The molecule has 0 saturated heterocycles. The molecule has 6 heteroatoms. The predicted molar refractivity (Wildman–Crippen MR) is 97.3 cm³/mol. The summed E-state index contributed by atoms with van der Waals surface area (Å²) in [5.41, 5.74) is 6.32. The van der Waals surface area contributed by atoms with Crippen molar-refractivity contribution in [3.05, 3.63) is 33.8 Å². The van der Waals surface area contributed by atoms with Crippen LogP contribution in [-0.2, 0) is 4.79 Å². The largest absolute Gasteiger partial charge is 0.356 e. The van der Waals surface area contributed by atoms with Crippen molar-refractivity contribution in [1.29, 1.82) is 0 Å². The van der Waals surface area contributed by atoms with E-state index in [1.54, 1.807) is 0 Å². The molecule has 3 nitrogen and oxygen atoms in total. The molecule has 0 aliphatic heterocycles. The van der Waals surface area contributed by atoms with Crippen LogP contribution in [0.3, 0.4) is 0 Å². The summed E-state index contributed by atoms with van der Waals surface area (Å²) < 4.78 is 0.